The highest BCUT2D eigenvalue weighted by molar-refractivity contribution is 5.87. The van der Waals surface area contributed by atoms with Crippen LogP contribution >= 0.6 is 0 Å². The number of carbonyl (C=O) groups excluding carboxylic acids is 2. The van der Waals surface area contributed by atoms with E-state index in [0.29, 0.717) is 18.0 Å². The number of nitrogens with one attached hydrogen (secondary N) is 3. The van der Waals surface area contributed by atoms with E-state index in [0.717, 1.165) is 11.3 Å². The number of H-pyrrole nitrogens is 1. The molecule has 8 nitrogen and oxygen atoms in total. The van der Waals surface area contributed by atoms with E-state index >= 15 is 0 Å². The van der Waals surface area contributed by atoms with Crippen LogP contribution in [-0.2, 0) is 22.6 Å². The van der Waals surface area contributed by atoms with Crippen molar-refractivity contribution in [2.75, 3.05) is 0 Å². The van der Waals surface area contributed by atoms with Gasteiger partial charge in [-0.2, -0.15) is 0 Å². The molecule has 2 aromatic heterocycles. The normalized spacial score (nSPS) is 11.7. The average Bonchev–Trinajstić information content (AvgIpc) is 3.31. The molecule has 0 aliphatic carbocycles. The first-order chi connectivity index (χ1) is 12.6. The summed E-state index contributed by atoms with van der Waals surface area (Å²) < 4.78 is 5.45. The standard InChI is InChI=1S/C18H19N5O3/c1-12(24)22-16(7-14-8-19-11-21-14)17(25)20-9-15-10-26-18(23-15)13-5-3-2-4-6-13/h2-6,8,10-11,16H,7,9H2,1H3,(H,19,21)(H,20,25)(H,22,24)/t16-/m0/s1. The maximum atomic E-state index is 12.4. The topological polar surface area (TPSA) is 113 Å². The minimum Gasteiger partial charge on any atom is -0.444 e. The summed E-state index contributed by atoms with van der Waals surface area (Å²) in [5, 5.41) is 5.41. The molecule has 134 valence electrons. The minimum absolute atomic E-state index is 0.203. The molecule has 0 fully saturated rings. The highest BCUT2D eigenvalue weighted by Crippen LogP contribution is 2.17. The first-order valence-electron chi connectivity index (χ1n) is 8.13. The van der Waals surface area contributed by atoms with Gasteiger partial charge in [-0.15, -0.1) is 0 Å². The average molecular weight is 353 g/mol. The van der Waals surface area contributed by atoms with Crippen molar-refractivity contribution in [2.24, 2.45) is 0 Å². The number of amides is 2. The van der Waals surface area contributed by atoms with E-state index in [1.54, 1.807) is 6.20 Å². The van der Waals surface area contributed by atoms with Gasteiger partial charge in [0.05, 0.1) is 18.6 Å². The highest BCUT2D eigenvalue weighted by atomic mass is 16.3. The molecule has 8 heteroatoms. The van der Waals surface area contributed by atoms with Crippen LogP contribution in [0.4, 0.5) is 0 Å². The largest absolute Gasteiger partial charge is 0.444 e. The van der Waals surface area contributed by atoms with E-state index in [1.165, 1.54) is 19.5 Å². The Kier molecular flexibility index (Phi) is 5.43. The summed E-state index contributed by atoms with van der Waals surface area (Å²) in [5.74, 6) is -0.0951. The van der Waals surface area contributed by atoms with E-state index in [2.05, 4.69) is 25.6 Å². The second kappa shape index (κ2) is 8.11. The lowest BCUT2D eigenvalue weighted by atomic mass is 10.1. The van der Waals surface area contributed by atoms with E-state index in [1.807, 2.05) is 30.3 Å². The number of carbonyl (C=O) groups is 2. The summed E-state index contributed by atoms with van der Waals surface area (Å²) in [7, 11) is 0. The van der Waals surface area contributed by atoms with Gasteiger partial charge in [0.1, 0.15) is 12.3 Å². The predicted molar refractivity (Wildman–Crippen MR) is 93.7 cm³/mol. The van der Waals surface area contributed by atoms with Gasteiger partial charge in [-0.3, -0.25) is 9.59 Å². The van der Waals surface area contributed by atoms with Gasteiger partial charge < -0.3 is 20.0 Å². The maximum absolute atomic E-state index is 12.4. The van der Waals surface area contributed by atoms with Crippen LogP contribution in [0.5, 0.6) is 0 Å². The Hall–Kier alpha value is -3.42. The smallest absolute Gasteiger partial charge is 0.243 e. The third-order valence-corrected chi connectivity index (χ3v) is 3.69. The monoisotopic (exact) mass is 353 g/mol. The van der Waals surface area contributed by atoms with Gasteiger partial charge in [0.15, 0.2) is 0 Å². The summed E-state index contributed by atoms with van der Waals surface area (Å²) in [4.78, 5) is 35.0. The molecule has 0 aliphatic heterocycles. The SMILES string of the molecule is CC(=O)N[C@@H](Cc1cnc[nH]1)C(=O)NCc1coc(-c2ccccc2)n1. The first kappa shape index (κ1) is 17.4. The summed E-state index contributed by atoms with van der Waals surface area (Å²) in [6.07, 6.45) is 4.97. The molecular formula is C18H19N5O3. The number of imidazole rings is 1. The van der Waals surface area contributed by atoms with E-state index in [-0.39, 0.29) is 18.4 Å². The van der Waals surface area contributed by atoms with Crippen LogP contribution < -0.4 is 10.6 Å². The van der Waals surface area contributed by atoms with Crippen LogP contribution in [0.25, 0.3) is 11.5 Å². The van der Waals surface area contributed by atoms with Gasteiger partial charge in [-0.25, -0.2) is 9.97 Å². The fourth-order valence-electron chi connectivity index (χ4n) is 2.47. The molecule has 0 saturated heterocycles. The maximum Gasteiger partial charge on any atom is 0.243 e. The van der Waals surface area contributed by atoms with Crippen molar-refractivity contribution in [3.05, 3.63) is 60.5 Å². The summed E-state index contributed by atoms with van der Waals surface area (Å²) >= 11 is 0. The molecular weight excluding hydrogens is 334 g/mol. The van der Waals surface area contributed by atoms with Gasteiger partial charge in [0.25, 0.3) is 0 Å². The second-order valence-electron chi connectivity index (χ2n) is 5.76. The number of nitrogens with zero attached hydrogens (tertiary/aromatic N) is 2. The Morgan fingerprint density at radius 1 is 1.27 bits per heavy atom. The van der Waals surface area contributed by atoms with Crippen LogP contribution in [0.2, 0.25) is 0 Å². The molecule has 1 aromatic carbocycles. The van der Waals surface area contributed by atoms with Gasteiger partial charge in [-0.05, 0) is 12.1 Å². The van der Waals surface area contributed by atoms with Crippen LogP contribution in [0.15, 0.2) is 53.5 Å². The lowest BCUT2D eigenvalue weighted by Crippen LogP contribution is -2.47. The summed E-state index contributed by atoms with van der Waals surface area (Å²) in [5.41, 5.74) is 2.22. The van der Waals surface area contributed by atoms with Crippen molar-refractivity contribution >= 4 is 11.8 Å². The van der Waals surface area contributed by atoms with Crippen LogP contribution in [-0.4, -0.2) is 32.8 Å². The lowest BCUT2D eigenvalue weighted by molar-refractivity contribution is -0.128. The molecule has 2 amide bonds. The van der Waals surface area contributed by atoms with E-state index < -0.39 is 6.04 Å². The fourth-order valence-corrected chi connectivity index (χ4v) is 2.47. The van der Waals surface area contributed by atoms with Crippen molar-refractivity contribution in [2.45, 2.75) is 25.9 Å². The molecule has 2 heterocycles. The number of aromatic amines is 1. The third kappa shape index (κ3) is 4.56. The second-order valence-corrected chi connectivity index (χ2v) is 5.76. The molecule has 3 N–H and O–H groups in total. The highest BCUT2D eigenvalue weighted by Gasteiger charge is 2.20. The Bertz CT molecular complexity index is 858. The zero-order valence-corrected chi connectivity index (χ0v) is 14.2. The number of aromatic nitrogens is 3. The molecule has 1 atom stereocenters. The fraction of sp³-hybridized carbons (Fsp3) is 0.222. The van der Waals surface area contributed by atoms with Crippen molar-refractivity contribution < 1.29 is 14.0 Å². The number of benzene rings is 1. The van der Waals surface area contributed by atoms with Gasteiger partial charge in [0.2, 0.25) is 17.7 Å². The van der Waals surface area contributed by atoms with Crippen LogP contribution in [0.1, 0.15) is 18.3 Å². The zero-order chi connectivity index (χ0) is 18.4. The van der Waals surface area contributed by atoms with Crippen molar-refractivity contribution in [1.82, 2.24) is 25.6 Å². The van der Waals surface area contributed by atoms with Crippen LogP contribution in [0, 0.1) is 0 Å². The summed E-state index contributed by atoms with van der Waals surface area (Å²) in [6.45, 7) is 1.57. The molecule has 3 rings (SSSR count). The predicted octanol–water partition coefficient (Wildman–Crippen LogP) is 1.43. The van der Waals surface area contributed by atoms with Crippen molar-refractivity contribution in [1.29, 1.82) is 0 Å². The van der Waals surface area contributed by atoms with Gasteiger partial charge in [-0.1, -0.05) is 18.2 Å². The number of hydrogen-bond donors (Lipinski definition) is 3. The van der Waals surface area contributed by atoms with E-state index in [9.17, 15) is 9.59 Å². The zero-order valence-electron chi connectivity index (χ0n) is 14.2. The first-order valence-corrected chi connectivity index (χ1v) is 8.13. The molecule has 0 unspecified atom stereocenters. The number of rotatable bonds is 7. The Labute approximate surface area is 150 Å². The molecule has 0 spiro atoms. The van der Waals surface area contributed by atoms with Crippen LogP contribution in [0.3, 0.4) is 0 Å². The third-order valence-electron chi connectivity index (χ3n) is 3.69. The molecule has 0 aliphatic rings. The number of hydrogen-bond acceptors (Lipinski definition) is 5. The van der Waals surface area contributed by atoms with Gasteiger partial charge in [0, 0.05) is 30.8 Å². The number of oxazole rings is 1. The Balaban J connectivity index is 1.61. The minimum atomic E-state index is -0.701. The van der Waals surface area contributed by atoms with E-state index in [4.69, 9.17) is 4.42 Å². The van der Waals surface area contributed by atoms with Crippen molar-refractivity contribution in [3.8, 4) is 11.5 Å². The molecule has 0 radical (unpaired) electrons. The molecule has 0 saturated carbocycles. The molecule has 0 bridgehead atoms. The van der Waals surface area contributed by atoms with Crippen molar-refractivity contribution in [3.63, 3.8) is 0 Å². The van der Waals surface area contributed by atoms with Gasteiger partial charge >= 0.3 is 0 Å². The quantitative estimate of drug-likeness (QED) is 0.595. The lowest BCUT2D eigenvalue weighted by Gasteiger charge is -2.16. The Morgan fingerprint density at radius 3 is 2.77 bits per heavy atom. The molecule has 26 heavy (non-hydrogen) atoms. The molecule has 3 aromatic rings. The summed E-state index contributed by atoms with van der Waals surface area (Å²) in [6, 6.07) is 8.79. The Morgan fingerprint density at radius 2 is 2.08 bits per heavy atom.